The van der Waals surface area contributed by atoms with E-state index in [4.69, 9.17) is 10.3 Å². The van der Waals surface area contributed by atoms with Gasteiger partial charge >= 0.3 is 5.91 Å². The third-order valence-electron chi connectivity index (χ3n) is 4.07. The first-order chi connectivity index (χ1) is 12.0. The molecule has 4 N–H and O–H groups in total. The number of hydrazone groups is 1. The van der Waals surface area contributed by atoms with E-state index < -0.39 is 17.6 Å². The Hall–Kier alpha value is -3.00. The summed E-state index contributed by atoms with van der Waals surface area (Å²) in [4.78, 5) is 23.9. The van der Waals surface area contributed by atoms with Crippen molar-refractivity contribution in [2.75, 3.05) is 0 Å². The van der Waals surface area contributed by atoms with Gasteiger partial charge in [0.1, 0.15) is 11.6 Å². The number of fused-ring (bicyclic) bond motifs is 1. The highest BCUT2D eigenvalue weighted by Gasteiger charge is 2.27. The molecule has 130 valence electrons. The fraction of sp³-hybridized carbons (Fsp3) is 0.235. The number of nitrogens with one attached hydrogen (secondary N) is 2. The third-order valence-corrected chi connectivity index (χ3v) is 4.07. The normalized spacial score (nSPS) is 14.9. The van der Waals surface area contributed by atoms with E-state index >= 15 is 0 Å². The predicted octanol–water partition coefficient (Wildman–Crippen LogP) is 1.80. The van der Waals surface area contributed by atoms with Crippen molar-refractivity contribution in [1.82, 2.24) is 10.9 Å². The molecule has 1 aromatic heterocycles. The molecule has 2 amide bonds. The van der Waals surface area contributed by atoms with Crippen LogP contribution >= 0.6 is 0 Å². The second kappa shape index (κ2) is 6.86. The third kappa shape index (κ3) is 3.16. The van der Waals surface area contributed by atoms with Crippen molar-refractivity contribution >= 4 is 17.5 Å². The second-order valence-electron chi connectivity index (χ2n) is 5.66. The first kappa shape index (κ1) is 16.8. The molecule has 2 aromatic rings. The van der Waals surface area contributed by atoms with Gasteiger partial charge in [-0.2, -0.15) is 5.10 Å². The molecular weight excluding hydrogens is 327 g/mol. The number of hydrogen-bond donors (Lipinski definition) is 3. The minimum atomic E-state index is -0.640. The number of nitrogens with zero attached hydrogens (tertiary/aromatic N) is 1. The topological polar surface area (TPSA) is 110 Å². The Bertz CT molecular complexity index is 873. The summed E-state index contributed by atoms with van der Waals surface area (Å²) in [5, 5.41) is 4.13. The predicted molar refractivity (Wildman–Crippen MR) is 88.4 cm³/mol. The van der Waals surface area contributed by atoms with Crippen molar-refractivity contribution in [1.29, 1.82) is 0 Å². The fourth-order valence-corrected chi connectivity index (χ4v) is 2.89. The Morgan fingerprint density at radius 1 is 1.24 bits per heavy atom. The summed E-state index contributed by atoms with van der Waals surface area (Å²) in [5.41, 5.74) is 6.21. The molecule has 1 aromatic carbocycles. The van der Waals surface area contributed by atoms with E-state index in [-0.39, 0.29) is 11.3 Å². The molecule has 0 saturated carbocycles. The standard InChI is InChI=1S/C17H17FN4O3/c1-9-14-12(7-4-8-13(14)25-15(9)17(24)20-19)21-22-16(23)10-5-2-3-6-11(10)18/h2-3,5-6H,4,7-8,19H2,1H3,(H,20,24)(H,22,23)/b21-12+. The van der Waals surface area contributed by atoms with Gasteiger partial charge in [-0.1, -0.05) is 12.1 Å². The van der Waals surface area contributed by atoms with Crippen LogP contribution in [0.15, 0.2) is 33.8 Å². The number of halogens is 1. The Morgan fingerprint density at radius 3 is 2.72 bits per heavy atom. The van der Waals surface area contributed by atoms with Crippen molar-refractivity contribution in [3.8, 4) is 0 Å². The molecule has 1 aliphatic carbocycles. The van der Waals surface area contributed by atoms with E-state index in [2.05, 4.69) is 10.5 Å². The van der Waals surface area contributed by atoms with Crippen LogP contribution in [0.3, 0.4) is 0 Å². The molecule has 1 aliphatic rings. The zero-order valence-electron chi connectivity index (χ0n) is 13.6. The SMILES string of the molecule is Cc1c(C(=O)NN)oc2c1/C(=N/NC(=O)c1ccccc1F)CCC2. The lowest BCUT2D eigenvalue weighted by atomic mass is 9.93. The van der Waals surface area contributed by atoms with Crippen molar-refractivity contribution < 1.29 is 18.4 Å². The molecule has 25 heavy (non-hydrogen) atoms. The quantitative estimate of drug-likeness (QED) is 0.448. The molecule has 0 bridgehead atoms. The molecule has 1 heterocycles. The number of nitrogens with two attached hydrogens (primary N) is 1. The van der Waals surface area contributed by atoms with E-state index in [1.54, 1.807) is 13.0 Å². The number of nitrogen functional groups attached to an aromatic ring is 1. The Morgan fingerprint density at radius 2 is 2.00 bits per heavy atom. The fourth-order valence-electron chi connectivity index (χ4n) is 2.89. The molecule has 8 heteroatoms. The summed E-state index contributed by atoms with van der Waals surface area (Å²) in [6.07, 6.45) is 2.03. The number of hydrogen-bond acceptors (Lipinski definition) is 5. The van der Waals surface area contributed by atoms with Crippen LogP contribution in [-0.4, -0.2) is 17.5 Å². The lowest BCUT2D eigenvalue weighted by molar-refractivity contribution is 0.0921. The summed E-state index contributed by atoms with van der Waals surface area (Å²) in [5.74, 6) is 4.13. The van der Waals surface area contributed by atoms with Gasteiger partial charge in [0.15, 0.2) is 5.76 Å². The lowest BCUT2D eigenvalue weighted by Gasteiger charge is -2.13. The molecule has 0 radical (unpaired) electrons. The van der Waals surface area contributed by atoms with Crippen molar-refractivity contribution in [3.63, 3.8) is 0 Å². The Kier molecular flexibility index (Phi) is 4.62. The van der Waals surface area contributed by atoms with Gasteiger partial charge in [0.05, 0.1) is 11.3 Å². The van der Waals surface area contributed by atoms with Crippen LogP contribution < -0.4 is 16.7 Å². The number of aryl methyl sites for hydroxylation is 1. The largest absolute Gasteiger partial charge is 0.455 e. The smallest absolute Gasteiger partial charge is 0.301 e. The van der Waals surface area contributed by atoms with Gasteiger partial charge in [0.2, 0.25) is 0 Å². The summed E-state index contributed by atoms with van der Waals surface area (Å²) >= 11 is 0. The monoisotopic (exact) mass is 344 g/mol. The summed E-state index contributed by atoms with van der Waals surface area (Å²) < 4.78 is 19.2. The van der Waals surface area contributed by atoms with Crippen LogP contribution in [0, 0.1) is 12.7 Å². The summed E-state index contributed by atoms with van der Waals surface area (Å²) in [6, 6.07) is 5.66. The van der Waals surface area contributed by atoms with Gasteiger partial charge in [-0.15, -0.1) is 0 Å². The highest BCUT2D eigenvalue weighted by atomic mass is 19.1. The number of amides is 2. The maximum atomic E-state index is 13.7. The van der Waals surface area contributed by atoms with Gasteiger partial charge in [-0.3, -0.25) is 15.0 Å². The molecule has 0 unspecified atom stereocenters. The van der Waals surface area contributed by atoms with Gasteiger partial charge < -0.3 is 4.42 Å². The zero-order chi connectivity index (χ0) is 18.0. The van der Waals surface area contributed by atoms with Gasteiger partial charge in [0, 0.05) is 17.5 Å². The average molecular weight is 344 g/mol. The Labute approximate surface area is 143 Å². The van der Waals surface area contributed by atoms with E-state index in [0.717, 1.165) is 6.42 Å². The number of hydrazine groups is 1. The average Bonchev–Trinajstić information content (AvgIpc) is 2.97. The van der Waals surface area contributed by atoms with E-state index in [1.165, 1.54) is 18.2 Å². The highest BCUT2D eigenvalue weighted by molar-refractivity contribution is 6.07. The number of furan rings is 1. The zero-order valence-corrected chi connectivity index (χ0v) is 13.6. The summed E-state index contributed by atoms with van der Waals surface area (Å²) in [7, 11) is 0. The molecule has 0 fully saturated rings. The molecule has 3 rings (SSSR count). The number of carbonyl (C=O) groups is 2. The van der Waals surface area contributed by atoms with E-state index in [9.17, 15) is 14.0 Å². The van der Waals surface area contributed by atoms with Gasteiger partial charge in [0.25, 0.3) is 5.91 Å². The first-order valence-electron chi connectivity index (χ1n) is 7.78. The summed E-state index contributed by atoms with van der Waals surface area (Å²) in [6.45, 7) is 1.73. The van der Waals surface area contributed by atoms with Crippen LogP contribution in [0.5, 0.6) is 0 Å². The molecule has 0 saturated heterocycles. The number of rotatable bonds is 3. The van der Waals surface area contributed by atoms with Crippen LogP contribution in [0.25, 0.3) is 0 Å². The maximum absolute atomic E-state index is 13.7. The van der Waals surface area contributed by atoms with Crippen LogP contribution in [0.4, 0.5) is 4.39 Å². The molecule has 0 aliphatic heterocycles. The lowest BCUT2D eigenvalue weighted by Crippen LogP contribution is -2.30. The van der Waals surface area contributed by atoms with Crippen LogP contribution in [0.2, 0.25) is 0 Å². The molecular formula is C17H17FN4O3. The van der Waals surface area contributed by atoms with Crippen molar-refractivity contribution in [3.05, 3.63) is 58.3 Å². The van der Waals surface area contributed by atoms with Crippen LogP contribution in [0.1, 0.15) is 50.6 Å². The molecule has 7 nitrogen and oxygen atoms in total. The van der Waals surface area contributed by atoms with Gasteiger partial charge in [-0.05, 0) is 31.9 Å². The second-order valence-corrected chi connectivity index (χ2v) is 5.66. The van der Waals surface area contributed by atoms with Crippen LogP contribution in [-0.2, 0) is 6.42 Å². The number of benzene rings is 1. The van der Waals surface area contributed by atoms with E-state index in [1.807, 2.05) is 5.43 Å². The van der Waals surface area contributed by atoms with E-state index in [0.29, 0.717) is 35.4 Å². The first-order valence-corrected chi connectivity index (χ1v) is 7.78. The maximum Gasteiger partial charge on any atom is 0.301 e. The highest BCUT2D eigenvalue weighted by Crippen LogP contribution is 2.29. The van der Waals surface area contributed by atoms with Gasteiger partial charge in [-0.25, -0.2) is 15.7 Å². The molecule has 0 spiro atoms. The molecule has 0 atom stereocenters. The van der Waals surface area contributed by atoms with Crippen molar-refractivity contribution in [2.45, 2.75) is 26.2 Å². The van der Waals surface area contributed by atoms with Crippen molar-refractivity contribution in [2.24, 2.45) is 10.9 Å². The Balaban J connectivity index is 1.89. The minimum absolute atomic E-state index is 0.0880. The number of carbonyl (C=O) groups excluding carboxylic acids is 2. The minimum Gasteiger partial charge on any atom is -0.455 e.